The zero-order chi connectivity index (χ0) is 14.3. The predicted octanol–water partition coefficient (Wildman–Crippen LogP) is 2.74. The summed E-state index contributed by atoms with van der Waals surface area (Å²) >= 11 is 0. The fraction of sp³-hybridized carbons (Fsp3) is 0.545. The first kappa shape index (κ1) is 13.6. The molecule has 0 atom stereocenters. The fourth-order valence-corrected chi connectivity index (χ4v) is 1.47. The molecule has 0 amide bonds. The van der Waals surface area contributed by atoms with Crippen LogP contribution in [0.5, 0.6) is 0 Å². The second kappa shape index (κ2) is 4.36. The third-order valence-electron chi connectivity index (χ3n) is 2.87. The maximum Gasteiger partial charge on any atom is 0.453 e. The molecule has 8 heteroatoms. The Morgan fingerprint density at radius 1 is 1.21 bits per heavy atom. The van der Waals surface area contributed by atoms with Gasteiger partial charge >= 0.3 is 6.18 Å². The summed E-state index contributed by atoms with van der Waals surface area (Å²) in [6.07, 6.45) is -3.77. The second-order valence-corrected chi connectivity index (χ2v) is 4.87. The van der Waals surface area contributed by atoms with Crippen LogP contribution in [0.4, 0.5) is 19.0 Å². The summed E-state index contributed by atoms with van der Waals surface area (Å²) in [4.78, 5) is 0. The lowest BCUT2D eigenvalue weighted by Gasteiger charge is -2.24. The van der Waals surface area contributed by atoms with E-state index in [1.807, 2.05) is 20.8 Å². The van der Waals surface area contributed by atoms with Gasteiger partial charge in [-0.1, -0.05) is 6.92 Å². The number of alkyl halides is 3. The standard InChI is InChI=1S/C11H14F3N5/c1-4-10(2,3)15-7-5-6-8-16-17-9(11(12,13)14)19(8)18-7/h5-6H,4H2,1-3H3,(H,15,18). The van der Waals surface area contributed by atoms with Gasteiger partial charge in [-0.3, -0.25) is 0 Å². The zero-order valence-corrected chi connectivity index (χ0v) is 10.8. The van der Waals surface area contributed by atoms with Crippen LogP contribution in [0.15, 0.2) is 12.1 Å². The van der Waals surface area contributed by atoms with E-state index >= 15 is 0 Å². The number of hydrogen-bond donors (Lipinski definition) is 1. The Labute approximate surface area is 107 Å². The van der Waals surface area contributed by atoms with Crippen LogP contribution in [0, 0.1) is 0 Å². The van der Waals surface area contributed by atoms with Crippen molar-refractivity contribution in [3.63, 3.8) is 0 Å². The van der Waals surface area contributed by atoms with Crippen LogP contribution < -0.4 is 5.32 Å². The highest BCUT2D eigenvalue weighted by molar-refractivity contribution is 5.45. The van der Waals surface area contributed by atoms with Gasteiger partial charge in [-0.15, -0.1) is 15.3 Å². The lowest BCUT2D eigenvalue weighted by molar-refractivity contribution is -0.146. The highest BCUT2D eigenvalue weighted by Gasteiger charge is 2.37. The Bertz CT molecular complexity index is 588. The van der Waals surface area contributed by atoms with Gasteiger partial charge in [0.05, 0.1) is 0 Å². The molecule has 0 aliphatic rings. The molecule has 5 nitrogen and oxygen atoms in total. The Hall–Kier alpha value is -1.86. The molecule has 0 spiro atoms. The van der Waals surface area contributed by atoms with Gasteiger partial charge in [-0.05, 0) is 32.4 Å². The van der Waals surface area contributed by atoms with Crippen LogP contribution in [0.1, 0.15) is 33.0 Å². The highest BCUT2D eigenvalue weighted by atomic mass is 19.4. The highest BCUT2D eigenvalue weighted by Crippen LogP contribution is 2.27. The first-order chi connectivity index (χ1) is 8.73. The van der Waals surface area contributed by atoms with Gasteiger partial charge in [0.25, 0.3) is 5.82 Å². The quantitative estimate of drug-likeness (QED) is 0.934. The molecule has 1 N–H and O–H groups in total. The van der Waals surface area contributed by atoms with E-state index in [0.717, 1.165) is 6.42 Å². The van der Waals surface area contributed by atoms with Crippen molar-refractivity contribution in [1.82, 2.24) is 19.8 Å². The lowest BCUT2D eigenvalue weighted by atomic mass is 10.0. The molecule has 0 aliphatic carbocycles. The number of halogens is 3. The summed E-state index contributed by atoms with van der Waals surface area (Å²) in [5.41, 5.74) is -0.195. The first-order valence-corrected chi connectivity index (χ1v) is 5.81. The van der Waals surface area contributed by atoms with Crippen LogP contribution in [-0.2, 0) is 6.18 Å². The molecular formula is C11H14F3N5. The number of nitrogens with one attached hydrogen (secondary N) is 1. The van der Waals surface area contributed by atoms with Gasteiger partial charge in [0, 0.05) is 5.54 Å². The molecule has 0 fully saturated rings. The molecule has 2 heterocycles. The Morgan fingerprint density at radius 3 is 2.47 bits per heavy atom. The van der Waals surface area contributed by atoms with Crippen molar-refractivity contribution in [2.75, 3.05) is 5.32 Å². The van der Waals surface area contributed by atoms with Gasteiger partial charge < -0.3 is 5.32 Å². The number of aromatic nitrogens is 4. The molecule has 104 valence electrons. The van der Waals surface area contributed by atoms with Gasteiger partial charge in [0.1, 0.15) is 5.82 Å². The van der Waals surface area contributed by atoms with E-state index < -0.39 is 12.0 Å². The molecule has 2 aromatic rings. The molecule has 19 heavy (non-hydrogen) atoms. The van der Waals surface area contributed by atoms with Crippen molar-refractivity contribution < 1.29 is 13.2 Å². The molecule has 0 aromatic carbocycles. The topological polar surface area (TPSA) is 55.1 Å². The van der Waals surface area contributed by atoms with E-state index in [-0.39, 0.29) is 11.2 Å². The molecule has 0 radical (unpaired) electrons. The molecule has 2 rings (SSSR count). The van der Waals surface area contributed by atoms with Crippen LogP contribution in [-0.4, -0.2) is 25.4 Å². The van der Waals surface area contributed by atoms with E-state index in [9.17, 15) is 13.2 Å². The van der Waals surface area contributed by atoms with Crippen LogP contribution in [0.3, 0.4) is 0 Å². The Kier molecular flexibility index (Phi) is 3.11. The van der Waals surface area contributed by atoms with Gasteiger partial charge in [0.2, 0.25) is 0 Å². The fourth-order valence-electron chi connectivity index (χ4n) is 1.47. The van der Waals surface area contributed by atoms with Crippen molar-refractivity contribution in [2.45, 2.75) is 38.9 Å². The summed E-state index contributed by atoms with van der Waals surface area (Å²) in [6, 6.07) is 3.03. The molecule has 2 aromatic heterocycles. The minimum Gasteiger partial charge on any atom is -0.364 e. The number of anilines is 1. The number of fused-ring (bicyclic) bond motifs is 1. The van der Waals surface area contributed by atoms with Crippen molar-refractivity contribution >= 4 is 11.5 Å². The minimum absolute atomic E-state index is 0.0622. The second-order valence-electron chi connectivity index (χ2n) is 4.87. The van der Waals surface area contributed by atoms with E-state index in [1.165, 1.54) is 6.07 Å². The van der Waals surface area contributed by atoms with E-state index in [0.29, 0.717) is 10.3 Å². The molecule has 0 saturated carbocycles. The van der Waals surface area contributed by atoms with Crippen LogP contribution >= 0.6 is 0 Å². The lowest BCUT2D eigenvalue weighted by Crippen LogP contribution is -2.30. The average molecular weight is 273 g/mol. The summed E-state index contributed by atoms with van der Waals surface area (Å²) in [5.74, 6) is -0.773. The summed E-state index contributed by atoms with van der Waals surface area (Å²) in [5, 5.41) is 13.5. The SMILES string of the molecule is CCC(C)(C)Nc1ccc2nnc(C(F)(F)F)n2n1. The molecular weight excluding hydrogens is 259 g/mol. The molecule has 0 aliphatic heterocycles. The minimum atomic E-state index is -4.58. The van der Waals surface area contributed by atoms with E-state index in [1.54, 1.807) is 6.07 Å². The van der Waals surface area contributed by atoms with Gasteiger partial charge in [-0.2, -0.15) is 17.7 Å². The Balaban J connectivity index is 2.44. The third kappa shape index (κ3) is 2.77. The monoisotopic (exact) mass is 273 g/mol. The number of nitrogens with zero attached hydrogens (tertiary/aromatic N) is 4. The van der Waals surface area contributed by atoms with Crippen molar-refractivity contribution in [1.29, 1.82) is 0 Å². The molecule has 0 saturated heterocycles. The Morgan fingerprint density at radius 2 is 1.89 bits per heavy atom. The third-order valence-corrected chi connectivity index (χ3v) is 2.87. The smallest absolute Gasteiger partial charge is 0.364 e. The van der Waals surface area contributed by atoms with Crippen molar-refractivity contribution in [3.8, 4) is 0 Å². The normalized spacial score (nSPS) is 12.9. The van der Waals surface area contributed by atoms with Gasteiger partial charge in [-0.25, -0.2) is 0 Å². The summed E-state index contributed by atoms with van der Waals surface area (Å²) in [7, 11) is 0. The predicted molar refractivity (Wildman–Crippen MR) is 63.8 cm³/mol. The molecule has 0 unspecified atom stereocenters. The summed E-state index contributed by atoms with van der Waals surface area (Å²) in [6.45, 7) is 5.86. The summed E-state index contributed by atoms with van der Waals surface area (Å²) < 4.78 is 38.8. The van der Waals surface area contributed by atoms with E-state index in [4.69, 9.17) is 0 Å². The van der Waals surface area contributed by atoms with Crippen LogP contribution in [0.25, 0.3) is 5.65 Å². The maximum atomic E-state index is 12.7. The first-order valence-electron chi connectivity index (χ1n) is 5.81. The molecule has 0 bridgehead atoms. The van der Waals surface area contributed by atoms with Crippen molar-refractivity contribution in [3.05, 3.63) is 18.0 Å². The van der Waals surface area contributed by atoms with Gasteiger partial charge in [0.15, 0.2) is 5.65 Å². The van der Waals surface area contributed by atoms with Crippen molar-refractivity contribution in [2.24, 2.45) is 0 Å². The van der Waals surface area contributed by atoms with Crippen LogP contribution in [0.2, 0.25) is 0 Å². The zero-order valence-electron chi connectivity index (χ0n) is 10.8. The van der Waals surface area contributed by atoms with E-state index in [2.05, 4.69) is 20.6 Å². The largest absolute Gasteiger partial charge is 0.453 e. The average Bonchev–Trinajstić information content (AvgIpc) is 2.71. The number of rotatable bonds is 3. The number of hydrogen-bond acceptors (Lipinski definition) is 4. The maximum absolute atomic E-state index is 12.7.